The number of guanidine groups is 1. The summed E-state index contributed by atoms with van der Waals surface area (Å²) < 4.78 is 0. The monoisotopic (exact) mass is 353 g/mol. The fourth-order valence-corrected chi connectivity index (χ4v) is 1.76. The highest BCUT2D eigenvalue weighted by atomic mass is 127. The van der Waals surface area contributed by atoms with E-state index in [9.17, 15) is 0 Å². The van der Waals surface area contributed by atoms with Crippen molar-refractivity contribution in [3.63, 3.8) is 0 Å². The van der Waals surface area contributed by atoms with Crippen molar-refractivity contribution in [1.82, 2.24) is 10.6 Å². The quantitative estimate of drug-likeness (QED) is 0.319. The Morgan fingerprint density at radius 1 is 1.35 bits per heavy atom. The zero-order chi connectivity index (χ0) is 11.8. The van der Waals surface area contributed by atoms with Gasteiger partial charge in [-0.05, 0) is 32.1 Å². The van der Waals surface area contributed by atoms with Gasteiger partial charge in [0, 0.05) is 19.6 Å². The molecule has 17 heavy (non-hydrogen) atoms. The molecule has 0 bridgehead atoms. The SMILES string of the molecule is CCCCCC(C)NC(=NC)NCC1CC1.I. The number of hydrogen-bond donors (Lipinski definition) is 2. The van der Waals surface area contributed by atoms with Crippen molar-refractivity contribution in [3.8, 4) is 0 Å². The molecular formula is C13H28IN3. The Morgan fingerprint density at radius 2 is 2.06 bits per heavy atom. The molecule has 3 nitrogen and oxygen atoms in total. The van der Waals surface area contributed by atoms with Gasteiger partial charge in [-0.2, -0.15) is 0 Å². The Balaban J connectivity index is 0.00000256. The van der Waals surface area contributed by atoms with Gasteiger partial charge < -0.3 is 10.6 Å². The molecule has 0 saturated heterocycles. The summed E-state index contributed by atoms with van der Waals surface area (Å²) in [7, 11) is 1.85. The van der Waals surface area contributed by atoms with Gasteiger partial charge in [0.15, 0.2) is 5.96 Å². The van der Waals surface area contributed by atoms with E-state index in [0.29, 0.717) is 6.04 Å². The maximum atomic E-state index is 4.25. The number of nitrogens with one attached hydrogen (secondary N) is 2. The topological polar surface area (TPSA) is 36.4 Å². The molecule has 0 heterocycles. The van der Waals surface area contributed by atoms with Crippen LogP contribution in [0.5, 0.6) is 0 Å². The molecule has 2 N–H and O–H groups in total. The minimum Gasteiger partial charge on any atom is -0.356 e. The Morgan fingerprint density at radius 3 is 2.59 bits per heavy atom. The summed E-state index contributed by atoms with van der Waals surface area (Å²) in [6.45, 7) is 5.56. The summed E-state index contributed by atoms with van der Waals surface area (Å²) in [4.78, 5) is 4.25. The predicted octanol–water partition coefficient (Wildman–Crippen LogP) is 3.15. The molecule has 1 fully saturated rings. The number of nitrogens with zero attached hydrogens (tertiary/aromatic N) is 1. The van der Waals surface area contributed by atoms with Crippen LogP contribution in [-0.4, -0.2) is 25.6 Å². The first-order chi connectivity index (χ1) is 7.76. The Bertz CT molecular complexity index is 215. The van der Waals surface area contributed by atoms with Crippen LogP contribution in [0, 0.1) is 5.92 Å². The zero-order valence-corrected chi connectivity index (χ0v) is 13.8. The van der Waals surface area contributed by atoms with Gasteiger partial charge in [0.25, 0.3) is 0 Å². The third-order valence-corrected chi connectivity index (χ3v) is 3.10. The van der Waals surface area contributed by atoms with Gasteiger partial charge in [-0.3, -0.25) is 4.99 Å². The second kappa shape index (κ2) is 9.97. The molecule has 4 heteroatoms. The average molecular weight is 353 g/mol. The summed E-state index contributed by atoms with van der Waals surface area (Å²) in [6.07, 6.45) is 7.94. The molecule has 0 aromatic rings. The summed E-state index contributed by atoms with van der Waals surface area (Å²) in [6, 6.07) is 0.525. The van der Waals surface area contributed by atoms with Gasteiger partial charge in [0.2, 0.25) is 0 Å². The van der Waals surface area contributed by atoms with Crippen molar-refractivity contribution >= 4 is 29.9 Å². The summed E-state index contributed by atoms with van der Waals surface area (Å²) >= 11 is 0. The fraction of sp³-hybridized carbons (Fsp3) is 0.923. The van der Waals surface area contributed by atoms with E-state index >= 15 is 0 Å². The molecule has 1 aliphatic carbocycles. The smallest absolute Gasteiger partial charge is 0.191 e. The molecule has 1 unspecified atom stereocenters. The van der Waals surface area contributed by atoms with Gasteiger partial charge in [0.1, 0.15) is 0 Å². The normalized spacial score (nSPS) is 17.2. The first-order valence-corrected chi connectivity index (χ1v) is 6.73. The van der Waals surface area contributed by atoms with Gasteiger partial charge >= 0.3 is 0 Å². The molecule has 0 aromatic carbocycles. The lowest BCUT2D eigenvalue weighted by Gasteiger charge is -2.17. The summed E-state index contributed by atoms with van der Waals surface area (Å²) in [5.74, 6) is 1.87. The van der Waals surface area contributed by atoms with Crippen molar-refractivity contribution in [2.75, 3.05) is 13.6 Å². The summed E-state index contributed by atoms with van der Waals surface area (Å²) in [5.41, 5.74) is 0. The van der Waals surface area contributed by atoms with E-state index in [1.807, 2.05) is 7.05 Å². The first-order valence-electron chi connectivity index (χ1n) is 6.73. The van der Waals surface area contributed by atoms with E-state index in [1.54, 1.807) is 0 Å². The van der Waals surface area contributed by atoms with Crippen molar-refractivity contribution in [2.45, 2.75) is 58.4 Å². The van der Waals surface area contributed by atoms with E-state index < -0.39 is 0 Å². The van der Waals surface area contributed by atoms with E-state index in [-0.39, 0.29) is 24.0 Å². The molecule has 102 valence electrons. The van der Waals surface area contributed by atoms with Gasteiger partial charge in [-0.15, -0.1) is 24.0 Å². The first kappa shape index (κ1) is 17.0. The van der Waals surface area contributed by atoms with Crippen molar-refractivity contribution in [1.29, 1.82) is 0 Å². The molecule has 0 spiro atoms. The minimum atomic E-state index is 0. The molecule has 1 aliphatic rings. The Hall–Kier alpha value is 0. The van der Waals surface area contributed by atoms with Crippen LogP contribution in [0.1, 0.15) is 52.4 Å². The standard InChI is InChI=1S/C13H27N3.HI/c1-4-5-6-7-11(2)16-13(14-3)15-10-12-8-9-12;/h11-12H,4-10H2,1-3H3,(H2,14,15,16);1H. The van der Waals surface area contributed by atoms with Crippen molar-refractivity contribution in [3.05, 3.63) is 0 Å². The van der Waals surface area contributed by atoms with Crippen LogP contribution < -0.4 is 10.6 Å². The highest BCUT2D eigenvalue weighted by Crippen LogP contribution is 2.27. The molecule has 1 saturated carbocycles. The van der Waals surface area contributed by atoms with Gasteiger partial charge in [-0.25, -0.2) is 0 Å². The Labute approximate surface area is 123 Å². The fourth-order valence-electron chi connectivity index (χ4n) is 1.76. The third kappa shape index (κ3) is 8.69. The number of hydrogen-bond acceptors (Lipinski definition) is 1. The van der Waals surface area contributed by atoms with Crippen LogP contribution >= 0.6 is 24.0 Å². The molecular weight excluding hydrogens is 325 g/mol. The number of unbranched alkanes of at least 4 members (excludes halogenated alkanes) is 2. The lowest BCUT2D eigenvalue weighted by Crippen LogP contribution is -2.42. The largest absolute Gasteiger partial charge is 0.356 e. The Kier molecular flexibility index (Phi) is 9.97. The molecule has 0 amide bonds. The van der Waals surface area contributed by atoms with Crippen molar-refractivity contribution < 1.29 is 0 Å². The lowest BCUT2D eigenvalue weighted by molar-refractivity contribution is 0.545. The lowest BCUT2D eigenvalue weighted by atomic mass is 10.1. The second-order valence-corrected chi connectivity index (χ2v) is 4.94. The molecule has 0 aromatic heterocycles. The van der Waals surface area contributed by atoms with Crippen LogP contribution in [0.4, 0.5) is 0 Å². The number of rotatable bonds is 7. The third-order valence-electron chi connectivity index (χ3n) is 3.10. The van der Waals surface area contributed by atoms with Crippen LogP contribution in [-0.2, 0) is 0 Å². The van der Waals surface area contributed by atoms with Crippen LogP contribution in [0.3, 0.4) is 0 Å². The maximum Gasteiger partial charge on any atom is 0.191 e. The van der Waals surface area contributed by atoms with Gasteiger partial charge in [0.05, 0.1) is 0 Å². The number of halogens is 1. The average Bonchev–Trinajstić information content (AvgIpc) is 3.08. The highest BCUT2D eigenvalue weighted by Gasteiger charge is 2.21. The zero-order valence-electron chi connectivity index (χ0n) is 11.5. The van der Waals surface area contributed by atoms with E-state index in [4.69, 9.17) is 0 Å². The van der Waals surface area contributed by atoms with Crippen molar-refractivity contribution in [2.24, 2.45) is 10.9 Å². The van der Waals surface area contributed by atoms with Gasteiger partial charge in [-0.1, -0.05) is 26.2 Å². The molecule has 0 radical (unpaired) electrons. The van der Waals surface area contributed by atoms with Crippen LogP contribution in [0.25, 0.3) is 0 Å². The second-order valence-electron chi connectivity index (χ2n) is 4.94. The molecule has 1 atom stereocenters. The van der Waals surface area contributed by atoms with E-state index in [1.165, 1.54) is 38.5 Å². The van der Waals surface area contributed by atoms with E-state index in [2.05, 4.69) is 29.5 Å². The van der Waals surface area contributed by atoms with E-state index in [0.717, 1.165) is 18.4 Å². The van der Waals surface area contributed by atoms with Crippen LogP contribution in [0.2, 0.25) is 0 Å². The highest BCUT2D eigenvalue weighted by molar-refractivity contribution is 14.0. The predicted molar refractivity (Wildman–Crippen MR) is 86.2 cm³/mol. The maximum absolute atomic E-state index is 4.25. The van der Waals surface area contributed by atoms with Crippen LogP contribution in [0.15, 0.2) is 4.99 Å². The number of aliphatic imine (C=N–C) groups is 1. The summed E-state index contributed by atoms with van der Waals surface area (Å²) in [5, 5.41) is 6.84. The molecule has 0 aliphatic heterocycles. The minimum absolute atomic E-state index is 0. The molecule has 1 rings (SSSR count).